The highest BCUT2D eigenvalue weighted by Gasteiger charge is 2.57. The maximum absolute atomic E-state index is 13.2. The lowest BCUT2D eigenvalue weighted by atomic mass is 9.97. The number of alkyl carbamates (subject to hydrolysis) is 1. The zero-order valence-electron chi connectivity index (χ0n) is 19.8. The second-order valence-corrected chi connectivity index (χ2v) is 12.8. The van der Waals surface area contributed by atoms with Crippen LogP contribution in [0.15, 0.2) is 42.5 Å². The minimum atomic E-state index is -1.80. The SMILES string of the molecule is C=C1CS[C@@H]2[C@H](NC(=O)C(NC(=O)OC(C)(C)C)c3ccccc3)C(=O)N2[C@H]1C(=O)OCC(Cl)(Cl)Cl. The molecule has 2 aliphatic rings. The number of carbonyl (C=O) groups is 4. The van der Waals surface area contributed by atoms with Crippen molar-refractivity contribution in [3.8, 4) is 0 Å². The molecule has 0 spiro atoms. The van der Waals surface area contributed by atoms with Gasteiger partial charge in [-0.2, -0.15) is 0 Å². The van der Waals surface area contributed by atoms with Crippen molar-refractivity contribution >= 4 is 70.4 Å². The molecule has 9 nitrogen and oxygen atoms in total. The lowest BCUT2D eigenvalue weighted by Gasteiger charge is -2.52. The zero-order chi connectivity index (χ0) is 26.8. The molecular formula is C23H26Cl3N3O6S. The second-order valence-electron chi connectivity index (χ2n) is 9.21. The maximum atomic E-state index is 13.2. The Morgan fingerprint density at radius 2 is 1.83 bits per heavy atom. The lowest BCUT2D eigenvalue weighted by Crippen LogP contribution is -2.75. The fourth-order valence-corrected chi connectivity index (χ4v) is 5.13. The molecule has 2 fully saturated rings. The van der Waals surface area contributed by atoms with E-state index in [9.17, 15) is 19.2 Å². The first-order valence-corrected chi connectivity index (χ1v) is 13.1. The average molecular weight is 579 g/mol. The Morgan fingerprint density at radius 1 is 1.19 bits per heavy atom. The number of rotatable bonds is 6. The molecule has 1 aromatic rings. The number of nitrogens with zero attached hydrogens (tertiary/aromatic N) is 1. The number of thioether (sulfide) groups is 1. The summed E-state index contributed by atoms with van der Waals surface area (Å²) in [5, 5.41) is 4.71. The first-order chi connectivity index (χ1) is 16.7. The highest BCUT2D eigenvalue weighted by atomic mass is 35.6. The average Bonchev–Trinajstić information content (AvgIpc) is 2.78. The van der Waals surface area contributed by atoms with Crippen LogP contribution in [-0.4, -0.2) is 68.0 Å². The van der Waals surface area contributed by atoms with Crippen LogP contribution >= 0.6 is 46.6 Å². The zero-order valence-corrected chi connectivity index (χ0v) is 22.8. The second kappa shape index (κ2) is 11.1. The third kappa shape index (κ3) is 7.00. The molecule has 4 atom stereocenters. The molecule has 2 N–H and O–H groups in total. The number of ether oxygens (including phenoxy) is 2. The maximum Gasteiger partial charge on any atom is 0.408 e. The summed E-state index contributed by atoms with van der Waals surface area (Å²) in [6, 6.07) is 5.46. The van der Waals surface area contributed by atoms with Crippen LogP contribution in [0.4, 0.5) is 4.79 Å². The van der Waals surface area contributed by atoms with Crippen molar-refractivity contribution in [3.63, 3.8) is 0 Å². The van der Waals surface area contributed by atoms with Gasteiger partial charge in [0.2, 0.25) is 15.6 Å². The van der Waals surface area contributed by atoms with Crippen LogP contribution in [0, 0.1) is 0 Å². The molecule has 2 heterocycles. The van der Waals surface area contributed by atoms with Gasteiger partial charge < -0.3 is 25.0 Å². The van der Waals surface area contributed by atoms with Gasteiger partial charge in [-0.05, 0) is 31.9 Å². The summed E-state index contributed by atoms with van der Waals surface area (Å²) < 4.78 is 8.56. The fourth-order valence-electron chi connectivity index (χ4n) is 3.66. The number of carbonyl (C=O) groups excluding carboxylic acids is 4. The van der Waals surface area contributed by atoms with Gasteiger partial charge in [-0.15, -0.1) is 11.8 Å². The van der Waals surface area contributed by atoms with E-state index in [1.807, 2.05) is 0 Å². The molecule has 2 aliphatic heterocycles. The Bertz CT molecular complexity index is 1040. The largest absolute Gasteiger partial charge is 0.459 e. The van der Waals surface area contributed by atoms with E-state index in [4.69, 9.17) is 44.3 Å². The number of fused-ring (bicyclic) bond motifs is 1. The molecule has 196 valence electrons. The van der Waals surface area contributed by atoms with E-state index in [0.717, 1.165) is 0 Å². The van der Waals surface area contributed by atoms with Crippen molar-refractivity contribution in [2.24, 2.45) is 0 Å². The van der Waals surface area contributed by atoms with E-state index in [2.05, 4.69) is 17.2 Å². The molecule has 0 saturated carbocycles. The first kappa shape index (κ1) is 28.4. The molecule has 36 heavy (non-hydrogen) atoms. The number of alkyl halides is 3. The molecule has 0 bridgehead atoms. The van der Waals surface area contributed by atoms with Gasteiger partial charge in [-0.3, -0.25) is 9.59 Å². The number of halogens is 3. The first-order valence-electron chi connectivity index (χ1n) is 10.9. The van der Waals surface area contributed by atoms with E-state index in [1.54, 1.807) is 51.1 Å². The molecule has 0 aliphatic carbocycles. The normalized spacial score (nSPS) is 22.6. The monoisotopic (exact) mass is 577 g/mol. The van der Waals surface area contributed by atoms with Crippen LogP contribution in [0.5, 0.6) is 0 Å². The van der Waals surface area contributed by atoms with Crippen molar-refractivity contribution in [2.45, 2.75) is 53.7 Å². The third-order valence-electron chi connectivity index (χ3n) is 5.14. The fraction of sp³-hybridized carbons (Fsp3) is 0.478. The molecule has 1 unspecified atom stereocenters. The molecule has 0 radical (unpaired) electrons. The smallest absolute Gasteiger partial charge is 0.408 e. The van der Waals surface area contributed by atoms with E-state index in [1.165, 1.54) is 16.7 Å². The minimum Gasteiger partial charge on any atom is -0.459 e. The predicted octanol–water partition coefficient (Wildman–Crippen LogP) is 3.49. The topological polar surface area (TPSA) is 114 Å². The van der Waals surface area contributed by atoms with Crippen molar-refractivity contribution in [3.05, 3.63) is 48.0 Å². The third-order valence-corrected chi connectivity index (χ3v) is 6.85. The van der Waals surface area contributed by atoms with Crippen molar-refractivity contribution in [1.29, 1.82) is 0 Å². The summed E-state index contributed by atoms with van der Waals surface area (Å²) in [6.07, 6.45) is -0.784. The Labute approximate surface area is 228 Å². The number of esters is 1. The van der Waals surface area contributed by atoms with E-state index < -0.39 is 63.4 Å². The van der Waals surface area contributed by atoms with Crippen LogP contribution in [0.25, 0.3) is 0 Å². The van der Waals surface area contributed by atoms with Crippen molar-refractivity contribution < 1.29 is 28.7 Å². The number of hydrogen-bond acceptors (Lipinski definition) is 7. The van der Waals surface area contributed by atoms with Gasteiger partial charge in [0.05, 0.1) is 0 Å². The molecule has 1 aromatic carbocycles. The molecule has 0 aromatic heterocycles. The Morgan fingerprint density at radius 3 is 2.42 bits per heavy atom. The van der Waals surface area contributed by atoms with Crippen LogP contribution in [-0.2, 0) is 23.9 Å². The lowest BCUT2D eigenvalue weighted by molar-refractivity contribution is -0.163. The van der Waals surface area contributed by atoms with Gasteiger partial charge in [0.25, 0.3) is 0 Å². The molecule has 2 saturated heterocycles. The quantitative estimate of drug-likeness (QED) is 0.230. The predicted molar refractivity (Wildman–Crippen MR) is 138 cm³/mol. The summed E-state index contributed by atoms with van der Waals surface area (Å²) in [4.78, 5) is 52.6. The number of benzene rings is 1. The van der Waals surface area contributed by atoms with E-state index in [0.29, 0.717) is 16.9 Å². The van der Waals surface area contributed by atoms with Crippen LogP contribution in [0.2, 0.25) is 0 Å². The molecule has 3 amide bonds. The van der Waals surface area contributed by atoms with E-state index in [-0.39, 0.29) is 0 Å². The molecular weight excluding hydrogens is 553 g/mol. The van der Waals surface area contributed by atoms with Gasteiger partial charge in [0.1, 0.15) is 29.7 Å². The van der Waals surface area contributed by atoms with Crippen molar-refractivity contribution in [2.75, 3.05) is 12.4 Å². The number of nitrogens with one attached hydrogen (secondary N) is 2. The summed E-state index contributed by atoms with van der Waals surface area (Å²) >= 11 is 18.3. The summed E-state index contributed by atoms with van der Waals surface area (Å²) in [5.74, 6) is -1.53. The summed E-state index contributed by atoms with van der Waals surface area (Å²) in [6.45, 7) is 8.49. The van der Waals surface area contributed by atoms with Crippen molar-refractivity contribution in [1.82, 2.24) is 15.5 Å². The highest BCUT2D eigenvalue weighted by molar-refractivity contribution is 8.00. The Hall–Kier alpha value is -2.14. The van der Waals surface area contributed by atoms with Gasteiger partial charge >= 0.3 is 12.1 Å². The van der Waals surface area contributed by atoms with Crippen LogP contribution in [0.1, 0.15) is 32.4 Å². The number of β-lactam (4-membered cyclic amide) rings is 1. The summed E-state index contributed by atoms with van der Waals surface area (Å²) in [5.41, 5.74) is 0.187. The highest BCUT2D eigenvalue weighted by Crippen LogP contribution is 2.40. The van der Waals surface area contributed by atoms with Gasteiger partial charge in [0, 0.05) is 5.75 Å². The summed E-state index contributed by atoms with van der Waals surface area (Å²) in [7, 11) is 0. The van der Waals surface area contributed by atoms with Crippen LogP contribution < -0.4 is 10.6 Å². The standard InChI is InChI=1S/C23H26Cl3N3O6S/c1-12-10-36-19-15(18(31)29(19)16(12)20(32)34-11-23(24,25)26)27-17(30)14(13-8-6-5-7-9-13)28-21(33)35-22(2,3)4/h5-9,14-16,19H,1,10-11H2,2-4H3,(H,27,30)(H,28,33)/t14?,15-,16-,19-/m1/s1. The molecule has 13 heteroatoms. The Kier molecular flexibility index (Phi) is 8.75. The number of hydrogen-bond donors (Lipinski definition) is 2. The van der Waals surface area contributed by atoms with Gasteiger partial charge in [-0.1, -0.05) is 71.7 Å². The van der Waals surface area contributed by atoms with Gasteiger partial charge in [-0.25, -0.2) is 9.59 Å². The minimum absolute atomic E-state index is 0.354. The van der Waals surface area contributed by atoms with Gasteiger partial charge in [0.15, 0.2) is 6.04 Å². The van der Waals surface area contributed by atoms with E-state index >= 15 is 0 Å². The molecule has 3 rings (SSSR count). The Balaban J connectivity index is 1.72. The number of amides is 3. The van der Waals surface area contributed by atoms with Crippen LogP contribution in [0.3, 0.4) is 0 Å².